The Bertz CT molecular complexity index is 595. The van der Waals surface area contributed by atoms with Gasteiger partial charge in [0.15, 0.2) is 0 Å². The minimum atomic E-state index is -1.01. The normalized spacial score (nSPS) is 13.7. The highest BCUT2D eigenvalue weighted by molar-refractivity contribution is 9.10. The average Bonchev–Trinajstić information content (AvgIpc) is 2.40. The number of hydrogen-bond acceptors (Lipinski definition) is 2. The summed E-state index contributed by atoms with van der Waals surface area (Å²) in [5, 5.41) is 2.45. The summed E-state index contributed by atoms with van der Waals surface area (Å²) in [5.41, 5.74) is 1.24. The first-order chi connectivity index (χ1) is 9.39. The van der Waals surface area contributed by atoms with Crippen molar-refractivity contribution in [2.24, 2.45) is 0 Å². The van der Waals surface area contributed by atoms with E-state index in [0.29, 0.717) is 6.54 Å². The lowest BCUT2D eigenvalue weighted by Gasteiger charge is -2.23. The molecule has 20 heavy (non-hydrogen) atoms. The lowest BCUT2D eigenvalue weighted by molar-refractivity contribution is 0.544. The van der Waals surface area contributed by atoms with E-state index in [-0.39, 0.29) is 4.75 Å². The minimum absolute atomic E-state index is 0.222. The van der Waals surface area contributed by atoms with E-state index in [4.69, 9.17) is 0 Å². The highest BCUT2D eigenvalue weighted by atomic mass is 79.9. The van der Waals surface area contributed by atoms with Crippen LogP contribution >= 0.6 is 15.9 Å². The van der Waals surface area contributed by atoms with Crippen LogP contribution in [0.1, 0.15) is 26.3 Å². The first-order valence-corrected chi connectivity index (χ1v) is 8.65. The SMILES string of the molecule is CC(C)(C)[S+]([O-])NCCc1ccc2ccccc2c1Br. The standard InChI is InChI=1S/C16H20BrNOS/c1-16(2,3)20(19)18-11-10-13-9-8-12-6-4-5-7-14(12)15(13)17/h4-9,18H,10-11H2,1-3H3. The molecule has 4 heteroatoms. The predicted octanol–water partition coefficient (Wildman–Crippen LogP) is 4.20. The molecule has 1 atom stereocenters. The predicted molar refractivity (Wildman–Crippen MR) is 91.3 cm³/mol. The largest absolute Gasteiger partial charge is 0.598 e. The molecule has 0 fully saturated rings. The molecule has 0 saturated heterocycles. The molecular weight excluding hydrogens is 334 g/mol. The molecular formula is C16H20BrNOS. The maximum atomic E-state index is 11.9. The molecule has 0 heterocycles. The van der Waals surface area contributed by atoms with E-state index in [1.54, 1.807) is 0 Å². The average molecular weight is 354 g/mol. The Morgan fingerprint density at radius 3 is 2.55 bits per heavy atom. The van der Waals surface area contributed by atoms with Gasteiger partial charge in [0.25, 0.3) is 0 Å². The number of fused-ring (bicyclic) bond motifs is 1. The number of nitrogens with one attached hydrogen (secondary N) is 1. The van der Waals surface area contributed by atoms with Crippen LogP contribution in [0.25, 0.3) is 10.8 Å². The van der Waals surface area contributed by atoms with E-state index in [1.165, 1.54) is 16.3 Å². The maximum Gasteiger partial charge on any atom is 0.136 e. The molecule has 0 amide bonds. The summed E-state index contributed by atoms with van der Waals surface area (Å²) in [4.78, 5) is 0. The Morgan fingerprint density at radius 1 is 1.15 bits per heavy atom. The Kier molecular flexibility index (Phi) is 5.13. The molecule has 0 aliphatic carbocycles. The molecule has 2 rings (SSSR count). The van der Waals surface area contributed by atoms with Gasteiger partial charge in [0, 0.05) is 22.4 Å². The minimum Gasteiger partial charge on any atom is -0.598 e. The van der Waals surface area contributed by atoms with Gasteiger partial charge in [-0.2, -0.15) is 0 Å². The fourth-order valence-electron chi connectivity index (χ4n) is 1.97. The first kappa shape index (κ1) is 15.8. The Balaban J connectivity index is 2.06. The van der Waals surface area contributed by atoms with Gasteiger partial charge in [0.1, 0.15) is 4.75 Å². The van der Waals surface area contributed by atoms with Gasteiger partial charge in [-0.05, 0) is 59.5 Å². The van der Waals surface area contributed by atoms with Crippen molar-refractivity contribution in [2.75, 3.05) is 6.54 Å². The Morgan fingerprint density at radius 2 is 1.85 bits per heavy atom. The van der Waals surface area contributed by atoms with Crippen molar-refractivity contribution < 1.29 is 4.55 Å². The van der Waals surface area contributed by atoms with E-state index in [1.807, 2.05) is 32.9 Å². The zero-order valence-electron chi connectivity index (χ0n) is 12.1. The zero-order valence-corrected chi connectivity index (χ0v) is 14.5. The molecule has 108 valence electrons. The van der Waals surface area contributed by atoms with E-state index < -0.39 is 11.4 Å². The third-order valence-corrected chi connectivity index (χ3v) is 5.64. The van der Waals surface area contributed by atoms with Crippen molar-refractivity contribution in [3.05, 3.63) is 46.4 Å². The van der Waals surface area contributed by atoms with Gasteiger partial charge < -0.3 is 4.55 Å². The molecule has 2 aromatic rings. The third kappa shape index (κ3) is 3.76. The molecule has 0 aliphatic rings. The number of benzene rings is 2. The summed E-state index contributed by atoms with van der Waals surface area (Å²) in [5.74, 6) is 0. The second-order valence-electron chi connectivity index (χ2n) is 5.79. The number of halogens is 1. The summed E-state index contributed by atoms with van der Waals surface area (Å²) in [7, 11) is 0. The van der Waals surface area contributed by atoms with Crippen LogP contribution in [0.3, 0.4) is 0 Å². The van der Waals surface area contributed by atoms with Crippen LogP contribution in [0.4, 0.5) is 0 Å². The monoisotopic (exact) mass is 353 g/mol. The van der Waals surface area contributed by atoms with Crippen LogP contribution in [-0.2, 0) is 17.8 Å². The van der Waals surface area contributed by atoms with Crippen LogP contribution in [0.15, 0.2) is 40.9 Å². The van der Waals surface area contributed by atoms with Crippen molar-refractivity contribution in [1.29, 1.82) is 0 Å². The summed E-state index contributed by atoms with van der Waals surface area (Å²) < 4.78 is 16.0. The van der Waals surface area contributed by atoms with Crippen LogP contribution in [0.5, 0.6) is 0 Å². The molecule has 0 bridgehead atoms. The summed E-state index contributed by atoms with van der Waals surface area (Å²) in [6.07, 6.45) is 0.854. The number of rotatable bonds is 4. The third-order valence-electron chi connectivity index (χ3n) is 3.13. The molecule has 0 radical (unpaired) electrons. The molecule has 1 unspecified atom stereocenters. The van der Waals surface area contributed by atoms with E-state index in [0.717, 1.165) is 10.9 Å². The first-order valence-electron chi connectivity index (χ1n) is 6.71. The van der Waals surface area contributed by atoms with Crippen molar-refractivity contribution >= 4 is 38.1 Å². The van der Waals surface area contributed by atoms with Gasteiger partial charge in [0.05, 0.1) is 0 Å². The second-order valence-corrected chi connectivity index (χ2v) is 8.63. The summed E-state index contributed by atoms with van der Waals surface area (Å²) in [6, 6.07) is 12.6. The second kappa shape index (κ2) is 6.48. The highest BCUT2D eigenvalue weighted by Crippen LogP contribution is 2.28. The zero-order chi connectivity index (χ0) is 14.8. The van der Waals surface area contributed by atoms with Crippen LogP contribution in [0, 0.1) is 0 Å². The van der Waals surface area contributed by atoms with Crippen LogP contribution in [0.2, 0.25) is 0 Å². The fraction of sp³-hybridized carbons (Fsp3) is 0.375. The molecule has 0 saturated carbocycles. The Hall–Kier alpha value is -0.550. The van der Waals surface area contributed by atoms with Gasteiger partial charge in [-0.25, -0.2) is 0 Å². The van der Waals surface area contributed by atoms with Gasteiger partial charge in [-0.1, -0.05) is 36.4 Å². The van der Waals surface area contributed by atoms with Crippen molar-refractivity contribution in [3.63, 3.8) is 0 Å². The number of hydrogen-bond donors (Lipinski definition) is 1. The van der Waals surface area contributed by atoms with Crippen molar-refractivity contribution in [2.45, 2.75) is 31.9 Å². The van der Waals surface area contributed by atoms with Crippen LogP contribution < -0.4 is 4.72 Å². The highest BCUT2D eigenvalue weighted by Gasteiger charge is 2.25. The quantitative estimate of drug-likeness (QED) is 0.836. The summed E-state index contributed by atoms with van der Waals surface area (Å²) in [6.45, 7) is 6.63. The van der Waals surface area contributed by atoms with Gasteiger partial charge in [-0.15, -0.1) is 4.72 Å². The molecule has 1 N–H and O–H groups in total. The molecule has 2 aromatic carbocycles. The lowest BCUT2D eigenvalue weighted by atomic mass is 10.1. The summed E-state index contributed by atoms with van der Waals surface area (Å²) >= 11 is 2.67. The lowest BCUT2D eigenvalue weighted by Crippen LogP contribution is -2.40. The van der Waals surface area contributed by atoms with Crippen LogP contribution in [-0.4, -0.2) is 15.8 Å². The smallest absolute Gasteiger partial charge is 0.136 e. The van der Waals surface area contributed by atoms with Gasteiger partial charge in [-0.3, -0.25) is 0 Å². The van der Waals surface area contributed by atoms with E-state index >= 15 is 0 Å². The maximum absolute atomic E-state index is 11.9. The molecule has 0 aliphatic heterocycles. The van der Waals surface area contributed by atoms with Crippen molar-refractivity contribution in [3.8, 4) is 0 Å². The molecule has 0 aromatic heterocycles. The van der Waals surface area contributed by atoms with Crippen molar-refractivity contribution in [1.82, 2.24) is 4.72 Å². The van der Waals surface area contributed by atoms with Gasteiger partial charge in [0.2, 0.25) is 0 Å². The van der Waals surface area contributed by atoms with E-state index in [2.05, 4.69) is 44.9 Å². The molecule has 2 nitrogen and oxygen atoms in total. The fourth-order valence-corrected chi connectivity index (χ4v) is 3.38. The topological polar surface area (TPSA) is 35.1 Å². The van der Waals surface area contributed by atoms with E-state index in [9.17, 15) is 4.55 Å². The van der Waals surface area contributed by atoms with Gasteiger partial charge >= 0.3 is 0 Å². The Labute approximate surface area is 132 Å². The molecule has 0 spiro atoms.